The number of carbonyl (C=O) groups excluding carboxylic acids is 4. The number of alkyl halides is 1. The smallest absolute Gasteiger partial charge is 0.408 e. The van der Waals surface area contributed by atoms with Gasteiger partial charge in [0.2, 0.25) is 16.8 Å². The number of carboxylic acid groups (broad SMARTS) is 1. The quantitative estimate of drug-likeness (QED) is 0.311. The van der Waals surface area contributed by atoms with Gasteiger partial charge in [-0.05, 0) is 26.3 Å². The van der Waals surface area contributed by atoms with Crippen LogP contribution in [0.5, 0.6) is 0 Å². The summed E-state index contributed by atoms with van der Waals surface area (Å²) in [7, 11) is 0. The summed E-state index contributed by atoms with van der Waals surface area (Å²) in [5, 5.41) is 15.8. The van der Waals surface area contributed by atoms with E-state index in [0.717, 1.165) is 12.5 Å². The summed E-state index contributed by atoms with van der Waals surface area (Å²) in [6.07, 6.45) is -1.47. The zero-order valence-electron chi connectivity index (χ0n) is 16.7. The van der Waals surface area contributed by atoms with Crippen LogP contribution in [0.15, 0.2) is 30.3 Å². The highest BCUT2D eigenvalue weighted by Crippen LogP contribution is 2.17. The molecule has 4 N–H and O–H groups in total. The lowest BCUT2D eigenvalue weighted by Gasteiger charge is -2.25. The fraction of sp³-hybridized carbons (Fsp3) is 0.421. The number of amides is 3. The minimum Gasteiger partial charge on any atom is -0.479 e. The fourth-order valence-corrected chi connectivity index (χ4v) is 2.51. The number of carboxylic acids is 1. The Morgan fingerprint density at radius 1 is 1.03 bits per heavy atom. The summed E-state index contributed by atoms with van der Waals surface area (Å²) in [6, 6.07) is 6.70. The maximum atomic E-state index is 12.2. The molecule has 0 radical (unpaired) electrons. The Balaban J connectivity index is 2.54. The van der Waals surface area contributed by atoms with Crippen molar-refractivity contribution in [2.45, 2.75) is 50.9 Å². The van der Waals surface area contributed by atoms with E-state index in [-0.39, 0.29) is 6.61 Å². The van der Waals surface area contributed by atoms with E-state index in [0.29, 0.717) is 0 Å². The topological polar surface area (TPSA) is 151 Å². The van der Waals surface area contributed by atoms with E-state index in [1.54, 1.807) is 24.3 Å². The molecule has 0 aliphatic carbocycles. The number of ether oxygens (including phenoxy) is 1. The van der Waals surface area contributed by atoms with Gasteiger partial charge in [-0.25, -0.2) is 9.59 Å². The number of Topliss-reactive ketones (excluding diaryl/α,β-unsaturated/α-hetero) is 1. The molecule has 0 aromatic heterocycles. The standard InChI is InChI=1S/C19H24ClN3O7/c1-11(24)9-19(20,17(27)28)23-16(26)13(3)21-15(25)12(2)22-18(29)30-10-14-7-5-4-6-8-14/h4-8,12-13H,9-10H2,1-3H3,(H,21,25)(H,22,29)(H,23,26)(H,27,28). The molecule has 0 aliphatic rings. The van der Waals surface area contributed by atoms with Crippen molar-refractivity contribution in [1.29, 1.82) is 0 Å². The van der Waals surface area contributed by atoms with Crippen molar-refractivity contribution in [3.05, 3.63) is 35.9 Å². The Kier molecular flexibility index (Phi) is 9.25. The third-order valence-corrected chi connectivity index (χ3v) is 4.24. The van der Waals surface area contributed by atoms with Gasteiger partial charge in [-0.2, -0.15) is 0 Å². The summed E-state index contributed by atoms with van der Waals surface area (Å²) < 4.78 is 5.01. The summed E-state index contributed by atoms with van der Waals surface area (Å²) in [4.78, 5) is 56.3. The molecule has 3 unspecified atom stereocenters. The number of aliphatic carboxylic acids is 1. The Morgan fingerprint density at radius 3 is 2.13 bits per heavy atom. The van der Waals surface area contributed by atoms with Crippen molar-refractivity contribution in [3.8, 4) is 0 Å². The van der Waals surface area contributed by atoms with Crippen LogP contribution < -0.4 is 16.0 Å². The van der Waals surface area contributed by atoms with Crippen LogP contribution >= 0.6 is 11.6 Å². The van der Waals surface area contributed by atoms with Gasteiger partial charge in [-0.1, -0.05) is 41.9 Å². The number of ketones is 1. The number of rotatable bonds is 10. The van der Waals surface area contributed by atoms with Crippen molar-refractivity contribution >= 4 is 41.3 Å². The molecule has 0 saturated heterocycles. The van der Waals surface area contributed by atoms with E-state index >= 15 is 0 Å². The predicted molar refractivity (Wildman–Crippen MR) is 106 cm³/mol. The minimum absolute atomic E-state index is 0.0168. The lowest BCUT2D eigenvalue weighted by Crippen LogP contribution is -2.58. The molecule has 0 bridgehead atoms. The van der Waals surface area contributed by atoms with E-state index in [2.05, 4.69) is 10.6 Å². The average Bonchev–Trinajstić information content (AvgIpc) is 2.66. The first kappa shape index (κ1) is 24.9. The Morgan fingerprint density at radius 2 is 1.60 bits per heavy atom. The first-order valence-electron chi connectivity index (χ1n) is 8.96. The molecule has 0 heterocycles. The van der Waals surface area contributed by atoms with Crippen LogP contribution in [0.2, 0.25) is 0 Å². The number of hydrogen-bond donors (Lipinski definition) is 4. The number of nitrogens with one attached hydrogen (secondary N) is 3. The van der Waals surface area contributed by atoms with Gasteiger partial charge in [0.1, 0.15) is 24.5 Å². The molecule has 10 nitrogen and oxygen atoms in total. The van der Waals surface area contributed by atoms with E-state index in [4.69, 9.17) is 21.4 Å². The Labute approximate surface area is 178 Å². The second kappa shape index (κ2) is 11.1. The number of halogens is 1. The maximum Gasteiger partial charge on any atom is 0.408 e. The molecular weight excluding hydrogens is 418 g/mol. The zero-order chi connectivity index (χ0) is 22.9. The van der Waals surface area contributed by atoms with Gasteiger partial charge in [0, 0.05) is 0 Å². The third kappa shape index (κ3) is 8.08. The molecule has 3 atom stereocenters. The van der Waals surface area contributed by atoms with E-state index in [1.807, 2.05) is 11.4 Å². The summed E-state index contributed by atoms with van der Waals surface area (Å²) in [5.74, 6) is -3.78. The van der Waals surface area contributed by atoms with Gasteiger partial charge in [0.05, 0.1) is 6.42 Å². The van der Waals surface area contributed by atoms with Crippen LogP contribution in [0, 0.1) is 0 Å². The first-order valence-corrected chi connectivity index (χ1v) is 9.33. The van der Waals surface area contributed by atoms with Crippen molar-refractivity contribution in [1.82, 2.24) is 16.0 Å². The summed E-state index contributed by atoms with van der Waals surface area (Å²) in [5.41, 5.74) is 0.767. The fourth-order valence-electron chi connectivity index (χ4n) is 2.23. The van der Waals surface area contributed by atoms with Gasteiger partial charge in [0.15, 0.2) is 0 Å². The highest BCUT2D eigenvalue weighted by Gasteiger charge is 2.40. The van der Waals surface area contributed by atoms with Gasteiger partial charge >= 0.3 is 12.1 Å². The average molecular weight is 442 g/mol. The van der Waals surface area contributed by atoms with Gasteiger partial charge < -0.3 is 25.8 Å². The molecule has 1 rings (SSSR count). The molecule has 3 amide bonds. The molecule has 0 spiro atoms. The highest BCUT2D eigenvalue weighted by atomic mass is 35.5. The van der Waals surface area contributed by atoms with Gasteiger partial charge in [-0.15, -0.1) is 0 Å². The molecule has 1 aromatic rings. The minimum atomic E-state index is -2.33. The Hall–Kier alpha value is -3.14. The second-order valence-corrected chi connectivity index (χ2v) is 7.28. The number of hydrogen-bond acceptors (Lipinski definition) is 6. The number of carbonyl (C=O) groups is 5. The molecule has 11 heteroatoms. The SMILES string of the molecule is CC(=O)CC(Cl)(NC(=O)C(C)NC(=O)C(C)NC(=O)OCc1ccccc1)C(=O)O. The molecule has 30 heavy (non-hydrogen) atoms. The molecule has 1 aromatic carbocycles. The lowest BCUT2D eigenvalue weighted by atomic mass is 10.1. The van der Waals surface area contributed by atoms with E-state index < -0.39 is 53.2 Å². The van der Waals surface area contributed by atoms with Gasteiger partial charge in [-0.3, -0.25) is 14.4 Å². The third-order valence-electron chi connectivity index (χ3n) is 3.85. The molecular formula is C19H24ClN3O7. The zero-order valence-corrected chi connectivity index (χ0v) is 17.5. The van der Waals surface area contributed by atoms with Crippen molar-refractivity contribution in [3.63, 3.8) is 0 Å². The van der Waals surface area contributed by atoms with Crippen LogP contribution in [-0.4, -0.2) is 51.8 Å². The van der Waals surface area contributed by atoms with Crippen LogP contribution in [0.4, 0.5) is 4.79 Å². The predicted octanol–water partition coefficient (Wildman–Crippen LogP) is 0.921. The first-order chi connectivity index (χ1) is 13.9. The van der Waals surface area contributed by atoms with E-state index in [1.165, 1.54) is 13.8 Å². The Bertz CT molecular complexity index is 803. The van der Waals surface area contributed by atoms with Crippen molar-refractivity contribution in [2.24, 2.45) is 0 Å². The lowest BCUT2D eigenvalue weighted by molar-refractivity contribution is -0.145. The largest absolute Gasteiger partial charge is 0.479 e. The number of benzene rings is 1. The van der Waals surface area contributed by atoms with Crippen LogP contribution in [-0.2, 0) is 30.5 Å². The van der Waals surface area contributed by atoms with Crippen LogP contribution in [0.25, 0.3) is 0 Å². The van der Waals surface area contributed by atoms with Crippen LogP contribution in [0.3, 0.4) is 0 Å². The summed E-state index contributed by atoms with van der Waals surface area (Å²) in [6.45, 7) is 3.81. The van der Waals surface area contributed by atoms with Crippen LogP contribution in [0.1, 0.15) is 32.8 Å². The van der Waals surface area contributed by atoms with E-state index in [9.17, 15) is 24.0 Å². The summed E-state index contributed by atoms with van der Waals surface area (Å²) >= 11 is 5.82. The molecule has 0 saturated carbocycles. The molecule has 164 valence electrons. The molecule has 0 aliphatic heterocycles. The number of alkyl carbamates (subject to hydrolysis) is 1. The van der Waals surface area contributed by atoms with Crippen molar-refractivity contribution < 1.29 is 33.8 Å². The maximum absolute atomic E-state index is 12.2. The monoisotopic (exact) mass is 441 g/mol. The molecule has 0 fully saturated rings. The highest BCUT2D eigenvalue weighted by molar-refractivity contribution is 6.35. The van der Waals surface area contributed by atoms with Gasteiger partial charge in [0.25, 0.3) is 0 Å². The normalized spacial score (nSPS) is 14.4. The van der Waals surface area contributed by atoms with Crippen molar-refractivity contribution in [2.75, 3.05) is 0 Å². The second-order valence-electron chi connectivity index (χ2n) is 6.63.